The van der Waals surface area contributed by atoms with E-state index in [0.717, 1.165) is 27.2 Å². The third-order valence-electron chi connectivity index (χ3n) is 4.85. The Bertz CT molecular complexity index is 1210. The van der Waals surface area contributed by atoms with Crippen LogP contribution < -0.4 is 10.9 Å². The molecule has 0 radical (unpaired) electrons. The summed E-state index contributed by atoms with van der Waals surface area (Å²) >= 11 is 1.64. The maximum atomic E-state index is 12.6. The van der Waals surface area contributed by atoms with E-state index in [0.29, 0.717) is 24.8 Å². The fourth-order valence-electron chi connectivity index (χ4n) is 3.36. The third kappa shape index (κ3) is 4.12. The Kier molecular flexibility index (Phi) is 5.53. The second-order valence-electron chi connectivity index (χ2n) is 6.89. The van der Waals surface area contributed by atoms with Crippen LogP contribution in [0.3, 0.4) is 0 Å². The fraction of sp³-hybridized carbons (Fsp3) is 0.174. The van der Waals surface area contributed by atoms with Gasteiger partial charge in [0.1, 0.15) is 0 Å². The maximum Gasteiger partial charge on any atom is 0.261 e. The highest BCUT2D eigenvalue weighted by Gasteiger charge is 2.10. The van der Waals surface area contributed by atoms with Gasteiger partial charge in [-0.05, 0) is 42.5 Å². The third-order valence-corrected chi connectivity index (χ3v) is 5.75. The van der Waals surface area contributed by atoms with Crippen molar-refractivity contribution in [1.29, 1.82) is 0 Å². The van der Waals surface area contributed by atoms with Crippen molar-refractivity contribution in [1.82, 2.24) is 9.55 Å². The first-order chi connectivity index (χ1) is 14.1. The molecule has 0 saturated heterocycles. The molecule has 1 amide bonds. The number of fused-ring (bicyclic) bond motifs is 1. The second kappa shape index (κ2) is 8.41. The van der Waals surface area contributed by atoms with E-state index in [1.54, 1.807) is 28.3 Å². The molecule has 4 rings (SSSR count). The van der Waals surface area contributed by atoms with Gasteiger partial charge in [-0.2, -0.15) is 0 Å². The average Bonchev–Trinajstić information content (AvgIpc) is 3.25. The van der Waals surface area contributed by atoms with Crippen LogP contribution in [-0.4, -0.2) is 15.5 Å². The average molecular weight is 404 g/mol. The topological polar surface area (TPSA) is 64.0 Å². The molecule has 0 atom stereocenters. The lowest BCUT2D eigenvalue weighted by atomic mass is 10.1. The molecule has 29 heavy (non-hydrogen) atoms. The summed E-state index contributed by atoms with van der Waals surface area (Å²) < 4.78 is 1.58. The molecule has 2 aromatic heterocycles. The molecule has 0 aliphatic heterocycles. The van der Waals surface area contributed by atoms with Crippen LogP contribution in [0.2, 0.25) is 0 Å². The number of hydrogen-bond donors (Lipinski definition) is 1. The van der Waals surface area contributed by atoms with Crippen LogP contribution in [-0.2, 0) is 11.3 Å². The fourth-order valence-corrected chi connectivity index (χ4v) is 4.12. The minimum absolute atomic E-state index is 0.0633. The highest BCUT2D eigenvalue weighted by atomic mass is 32.1. The van der Waals surface area contributed by atoms with Crippen molar-refractivity contribution in [3.8, 4) is 10.4 Å². The van der Waals surface area contributed by atoms with Gasteiger partial charge in [-0.1, -0.05) is 36.4 Å². The van der Waals surface area contributed by atoms with E-state index in [-0.39, 0.29) is 11.5 Å². The van der Waals surface area contributed by atoms with E-state index in [9.17, 15) is 9.59 Å². The van der Waals surface area contributed by atoms with Gasteiger partial charge in [0, 0.05) is 29.1 Å². The van der Waals surface area contributed by atoms with E-state index in [2.05, 4.69) is 10.3 Å². The highest BCUT2D eigenvalue weighted by Crippen LogP contribution is 2.31. The van der Waals surface area contributed by atoms with Crippen LogP contribution >= 0.6 is 11.3 Å². The summed E-state index contributed by atoms with van der Waals surface area (Å²) in [6, 6.07) is 17.4. The van der Waals surface area contributed by atoms with Crippen LogP contribution in [0.25, 0.3) is 21.3 Å². The Morgan fingerprint density at radius 2 is 1.97 bits per heavy atom. The van der Waals surface area contributed by atoms with E-state index >= 15 is 0 Å². The van der Waals surface area contributed by atoms with Gasteiger partial charge in [-0.15, -0.1) is 11.3 Å². The summed E-state index contributed by atoms with van der Waals surface area (Å²) in [7, 11) is 0. The lowest BCUT2D eigenvalue weighted by molar-refractivity contribution is -0.116. The summed E-state index contributed by atoms with van der Waals surface area (Å²) in [6.45, 7) is 2.40. The maximum absolute atomic E-state index is 12.6. The normalized spacial score (nSPS) is 10.9. The van der Waals surface area contributed by atoms with Crippen molar-refractivity contribution in [2.24, 2.45) is 0 Å². The number of benzene rings is 2. The Hall–Kier alpha value is -3.25. The van der Waals surface area contributed by atoms with Crippen LogP contribution in [0, 0.1) is 6.92 Å². The molecule has 2 aromatic carbocycles. The predicted octanol–water partition coefficient (Wildman–Crippen LogP) is 4.85. The Morgan fingerprint density at radius 1 is 1.10 bits per heavy atom. The van der Waals surface area contributed by atoms with Crippen LogP contribution in [0.15, 0.2) is 71.1 Å². The summed E-state index contributed by atoms with van der Waals surface area (Å²) in [5.41, 5.74) is 3.47. The molecule has 0 unspecified atom stereocenters. The molecular weight excluding hydrogens is 382 g/mol. The summed E-state index contributed by atoms with van der Waals surface area (Å²) in [6.07, 6.45) is 2.46. The monoisotopic (exact) mass is 403 g/mol. The van der Waals surface area contributed by atoms with Gasteiger partial charge in [0.2, 0.25) is 5.91 Å². The van der Waals surface area contributed by atoms with E-state index in [1.165, 1.54) is 0 Å². The number of aryl methyl sites for hydroxylation is 2. The van der Waals surface area contributed by atoms with Crippen molar-refractivity contribution in [3.63, 3.8) is 0 Å². The molecule has 1 N–H and O–H groups in total. The van der Waals surface area contributed by atoms with Gasteiger partial charge in [-0.25, -0.2) is 4.98 Å². The number of nitrogens with zero attached hydrogens (tertiary/aromatic N) is 2. The SMILES string of the molecule is Cc1cccc2c(=O)n(CCCC(=O)Nc3ccccc3-c3cccs3)cnc12. The van der Waals surface area contributed by atoms with Crippen LogP contribution in [0.4, 0.5) is 5.69 Å². The number of aromatic nitrogens is 2. The summed E-state index contributed by atoms with van der Waals surface area (Å²) in [5.74, 6) is -0.0633. The zero-order chi connectivity index (χ0) is 20.2. The molecule has 5 nitrogen and oxygen atoms in total. The molecule has 146 valence electrons. The van der Waals surface area contributed by atoms with Crippen molar-refractivity contribution < 1.29 is 4.79 Å². The molecule has 0 aliphatic carbocycles. The first-order valence-electron chi connectivity index (χ1n) is 9.51. The standard InChI is InChI=1S/C23H21N3O2S/c1-16-7-4-9-18-22(16)24-15-26(23(18)28)13-5-12-21(27)25-19-10-3-2-8-17(19)20-11-6-14-29-20/h2-4,6-11,14-15H,5,12-13H2,1H3,(H,25,27). The number of para-hydroxylation sites is 2. The first-order valence-corrected chi connectivity index (χ1v) is 10.4. The second-order valence-corrected chi connectivity index (χ2v) is 7.84. The van der Waals surface area contributed by atoms with Crippen LogP contribution in [0.5, 0.6) is 0 Å². The van der Waals surface area contributed by atoms with E-state index < -0.39 is 0 Å². The van der Waals surface area contributed by atoms with Crippen molar-refractivity contribution >= 4 is 33.8 Å². The highest BCUT2D eigenvalue weighted by molar-refractivity contribution is 7.13. The van der Waals surface area contributed by atoms with Crippen molar-refractivity contribution in [2.45, 2.75) is 26.3 Å². The quantitative estimate of drug-likeness (QED) is 0.500. The van der Waals surface area contributed by atoms with Gasteiger partial charge in [0.05, 0.1) is 17.2 Å². The zero-order valence-corrected chi connectivity index (χ0v) is 16.9. The Balaban J connectivity index is 1.41. The van der Waals surface area contributed by atoms with Gasteiger partial charge >= 0.3 is 0 Å². The predicted molar refractivity (Wildman–Crippen MR) is 118 cm³/mol. The molecule has 0 aliphatic rings. The number of amides is 1. The van der Waals surface area contributed by atoms with Gasteiger partial charge in [-0.3, -0.25) is 14.2 Å². The van der Waals surface area contributed by atoms with Gasteiger partial charge in [0.15, 0.2) is 0 Å². The van der Waals surface area contributed by atoms with E-state index in [1.807, 2.05) is 60.8 Å². The molecular formula is C23H21N3O2S. The number of hydrogen-bond acceptors (Lipinski definition) is 4. The molecule has 0 fully saturated rings. The lowest BCUT2D eigenvalue weighted by Crippen LogP contribution is -2.22. The number of rotatable bonds is 6. The van der Waals surface area contributed by atoms with Crippen molar-refractivity contribution in [2.75, 3.05) is 5.32 Å². The lowest BCUT2D eigenvalue weighted by Gasteiger charge is -2.11. The van der Waals surface area contributed by atoms with Gasteiger partial charge < -0.3 is 5.32 Å². The van der Waals surface area contributed by atoms with E-state index in [4.69, 9.17) is 0 Å². The zero-order valence-electron chi connectivity index (χ0n) is 16.1. The minimum Gasteiger partial charge on any atom is -0.325 e. The summed E-state index contributed by atoms with van der Waals surface area (Å²) in [4.78, 5) is 30.6. The smallest absolute Gasteiger partial charge is 0.261 e. The number of thiophene rings is 1. The first kappa shape index (κ1) is 19.1. The Labute approximate surface area is 172 Å². The molecule has 4 aromatic rings. The number of anilines is 1. The molecule has 2 heterocycles. The van der Waals surface area contributed by atoms with Gasteiger partial charge in [0.25, 0.3) is 5.56 Å². The summed E-state index contributed by atoms with van der Waals surface area (Å²) in [5, 5.41) is 5.63. The van der Waals surface area contributed by atoms with Crippen molar-refractivity contribution in [3.05, 3.63) is 82.2 Å². The largest absolute Gasteiger partial charge is 0.325 e. The molecule has 0 saturated carbocycles. The molecule has 0 bridgehead atoms. The molecule has 0 spiro atoms. The number of carbonyl (C=O) groups excluding carboxylic acids is 1. The number of carbonyl (C=O) groups is 1. The Morgan fingerprint density at radius 3 is 2.79 bits per heavy atom. The molecule has 6 heteroatoms. The minimum atomic E-state index is -0.0675. The number of nitrogens with one attached hydrogen (secondary N) is 1. The van der Waals surface area contributed by atoms with Crippen LogP contribution in [0.1, 0.15) is 18.4 Å².